The maximum atomic E-state index is 12.4. The monoisotopic (exact) mass is 286 g/mol. The van der Waals surface area contributed by atoms with E-state index >= 15 is 0 Å². The molecular weight excluding hydrogens is 268 g/mol. The van der Waals surface area contributed by atoms with Crippen molar-refractivity contribution in [2.45, 2.75) is 24.1 Å². The molecule has 0 amide bonds. The fraction of sp³-hybridized carbons (Fsp3) is 0.500. The van der Waals surface area contributed by atoms with Gasteiger partial charge in [0.05, 0.1) is 6.54 Å². The standard InChI is InChI=1S/C12H18N2O2S2/c1-4-6-14(7-5-2)18(15,16)12-8-11(9-13-3)10-17-12/h1,8,10,13H,5-7,9H2,2-3H3. The minimum absolute atomic E-state index is 0.120. The number of sulfonamides is 1. The van der Waals surface area contributed by atoms with Crippen molar-refractivity contribution in [3.8, 4) is 12.3 Å². The van der Waals surface area contributed by atoms with Gasteiger partial charge in [-0.1, -0.05) is 12.8 Å². The first kappa shape index (κ1) is 15.2. The van der Waals surface area contributed by atoms with Crippen LogP contribution in [0.3, 0.4) is 0 Å². The summed E-state index contributed by atoms with van der Waals surface area (Å²) in [7, 11) is -1.61. The van der Waals surface area contributed by atoms with Gasteiger partial charge in [-0.15, -0.1) is 17.8 Å². The van der Waals surface area contributed by atoms with Crippen LogP contribution in [-0.2, 0) is 16.6 Å². The van der Waals surface area contributed by atoms with Crippen molar-refractivity contribution in [3.63, 3.8) is 0 Å². The molecule has 1 aromatic heterocycles. The SMILES string of the molecule is C#CCN(CCC)S(=O)(=O)c1cc(CNC)cs1. The number of nitrogens with one attached hydrogen (secondary N) is 1. The molecular formula is C12H18N2O2S2. The Morgan fingerprint density at radius 2 is 2.28 bits per heavy atom. The highest BCUT2D eigenvalue weighted by Crippen LogP contribution is 2.24. The minimum atomic E-state index is -3.44. The lowest BCUT2D eigenvalue weighted by Crippen LogP contribution is -2.31. The van der Waals surface area contributed by atoms with E-state index in [0.717, 1.165) is 12.0 Å². The second-order valence-corrected chi connectivity index (χ2v) is 6.92. The van der Waals surface area contributed by atoms with E-state index in [0.29, 0.717) is 17.3 Å². The molecule has 0 radical (unpaired) electrons. The van der Waals surface area contributed by atoms with E-state index in [-0.39, 0.29) is 6.54 Å². The fourth-order valence-electron chi connectivity index (χ4n) is 1.55. The van der Waals surface area contributed by atoms with Crippen LogP contribution in [0.4, 0.5) is 0 Å². The van der Waals surface area contributed by atoms with E-state index in [1.807, 2.05) is 19.4 Å². The van der Waals surface area contributed by atoms with Gasteiger partial charge in [0.2, 0.25) is 0 Å². The third-order valence-electron chi connectivity index (χ3n) is 2.35. The Labute approximate surface area is 113 Å². The molecule has 18 heavy (non-hydrogen) atoms. The van der Waals surface area contributed by atoms with Crippen molar-refractivity contribution in [2.24, 2.45) is 0 Å². The molecule has 0 aromatic carbocycles. The molecule has 0 atom stereocenters. The highest BCUT2D eigenvalue weighted by molar-refractivity contribution is 7.91. The minimum Gasteiger partial charge on any atom is -0.316 e. The first-order valence-corrected chi connectivity index (χ1v) is 8.03. The summed E-state index contributed by atoms with van der Waals surface area (Å²) >= 11 is 1.24. The van der Waals surface area contributed by atoms with Crippen LogP contribution >= 0.6 is 11.3 Å². The number of nitrogens with zero attached hydrogens (tertiary/aromatic N) is 1. The van der Waals surface area contributed by atoms with Gasteiger partial charge >= 0.3 is 0 Å². The van der Waals surface area contributed by atoms with Gasteiger partial charge in [-0.25, -0.2) is 8.42 Å². The first-order chi connectivity index (χ1) is 8.56. The van der Waals surface area contributed by atoms with Crippen molar-refractivity contribution >= 4 is 21.4 Å². The molecule has 0 aliphatic carbocycles. The Bertz CT molecular complexity index is 514. The van der Waals surface area contributed by atoms with E-state index in [1.54, 1.807) is 6.07 Å². The molecule has 0 bridgehead atoms. The number of rotatable bonds is 7. The second kappa shape index (κ2) is 6.90. The lowest BCUT2D eigenvalue weighted by Gasteiger charge is -2.17. The Kier molecular flexibility index (Phi) is 5.82. The van der Waals surface area contributed by atoms with Crippen molar-refractivity contribution in [3.05, 3.63) is 17.0 Å². The number of thiophene rings is 1. The smallest absolute Gasteiger partial charge is 0.253 e. The molecule has 0 saturated carbocycles. The van der Waals surface area contributed by atoms with Crippen LogP contribution < -0.4 is 5.32 Å². The summed E-state index contributed by atoms with van der Waals surface area (Å²) in [5, 5.41) is 4.84. The summed E-state index contributed by atoms with van der Waals surface area (Å²) < 4.78 is 26.4. The predicted octanol–water partition coefficient (Wildman–Crippen LogP) is 1.50. The lowest BCUT2D eigenvalue weighted by molar-refractivity contribution is 0.447. The van der Waals surface area contributed by atoms with Gasteiger partial charge in [0.15, 0.2) is 0 Å². The van der Waals surface area contributed by atoms with E-state index < -0.39 is 10.0 Å². The summed E-state index contributed by atoms with van der Waals surface area (Å²) in [6.45, 7) is 3.16. The normalized spacial score (nSPS) is 11.7. The number of hydrogen-bond acceptors (Lipinski definition) is 4. The maximum absolute atomic E-state index is 12.4. The number of hydrogen-bond donors (Lipinski definition) is 1. The Morgan fingerprint density at radius 3 is 2.83 bits per heavy atom. The van der Waals surface area contributed by atoms with Gasteiger partial charge in [0, 0.05) is 13.1 Å². The van der Waals surface area contributed by atoms with E-state index in [1.165, 1.54) is 15.6 Å². The van der Waals surface area contributed by atoms with E-state index in [2.05, 4.69) is 11.2 Å². The van der Waals surface area contributed by atoms with Crippen molar-refractivity contribution in [2.75, 3.05) is 20.1 Å². The van der Waals surface area contributed by atoms with Crippen molar-refractivity contribution in [1.82, 2.24) is 9.62 Å². The van der Waals surface area contributed by atoms with E-state index in [4.69, 9.17) is 6.42 Å². The predicted molar refractivity (Wildman–Crippen MR) is 75.0 cm³/mol. The highest BCUT2D eigenvalue weighted by Gasteiger charge is 2.24. The van der Waals surface area contributed by atoms with Crippen LogP contribution in [0.5, 0.6) is 0 Å². The van der Waals surface area contributed by atoms with Gasteiger partial charge in [-0.3, -0.25) is 0 Å². The molecule has 1 aromatic rings. The molecule has 100 valence electrons. The van der Waals surface area contributed by atoms with Crippen LogP contribution in [0.1, 0.15) is 18.9 Å². The third kappa shape index (κ3) is 3.56. The topological polar surface area (TPSA) is 49.4 Å². The fourth-order valence-corrected chi connectivity index (χ4v) is 4.36. The molecule has 0 fully saturated rings. The zero-order valence-corrected chi connectivity index (χ0v) is 12.3. The molecule has 0 unspecified atom stereocenters. The summed E-state index contributed by atoms with van der Waals surface area (Å²) in [6, 6.07) is 1.70. The summed E-state index contributed by atoms with van der Waals surface area (Å²) in [5.74, 6) is 2.40. The molecule has 1 heterocycles. The zero-order valence-electron chi connectivity index (χ0n) is 10.6. The first-order valence-electron chi connectivity index (χ1n) is 5.71. The lowest BCUT2D eigenvalue weighted by atomic mass is 10.3. The molecule has 0 spiro atoms. The quantitative estimate of drug-likeness (QED) is 0.773. The Hall–Kier alpha value is -0.870. The zero-order chi connectivity index (χ0) is 13.6. The average Bonchev–Trinajstić information content (AvgIpc) is 2.78. The van der Waals surface area contributed by atoms with Gasteiger partial charge in [-0.2, -0.15) is 4.31 Å². The Balaban J connectivity index is 2.98. The average molecular weight is 286 g/mol. The summed E-state index contributed by atoms with van der Waals surface area (Å²) in [4.78, 5) is 0. The molecule has 1 N–H and O–H groups in total. The van der Waals surface area contributed by atoms with Gasteiger partial charge in [0.1, 0.15) is 4.21 Å². The van der Waals surface area contributed by atoms with Crippen LogP contribution in [0.2, 0.25) is 0 Å². The second-order valence-electron chi connectivity index (χ2n) is 3.85. The van der Waals surface area contributed by atoms with Gasteiger partial charge in [0.25, 0.3) is 10.0 Å². The largest absolute Gasteiger partial charge is 0.316 e. The summed E-state index contributed by atoms with van der Waals surface area (Å²) in [5.41, 5.74) is 0.971. The highest BCUT2D eigenvalue weighted by atomic mass is 32.2. The van der Waals surface area contributed by atoms with Gasteiger partial charge in [-0.05, 0) is 30.5 Å². The molecule has 6 heteroatoms. The number of terminal acetylenes is 1. The maximum Gasteiger partial charge on any atom is 0.253 e. The van der Waals surface area contributed by atoms with Crippen LogP contribution in [0.15, 0.2) is 15.7 Å². The van der Waals surface area contributed by atoms with Crippen LogP contribution in [-0.4, -0.2) is 32.9 Å². The van der Waals surface area contributed by atoms with Crippen molar-refractivity contribution < 1.29 is 8.42 Å². The third-order valence-corrected chi connectivity index (χ3v) is 5.65. The molecule has 4 nitrogen and oxygen atoms in total. The van der Waals surface area contributed by atoms with Gasteiger partial charge < -0.3 is 5.32 Å². The van der Waals surface area contributed by atoms with Crippen LogP contribution in [0, 0.1) is 12.3 Å². The van der Waals surface area contributed by atoms with Crippen molar-refractivity contribution in [1.29, 1.82) is 0 Å². The summed E-state index contributed by atoms with van der Waals surface area (Å²) in [6.07, 6.45) is 5.97. The molecule has 1 rings (SSSR count). The molecule has 0 saturated heterocycles. The van der Waals surface area contributed by atoms with E-state index in [9.17, 15) is 8.42 Å². The molecule has 0 aliphatic rings. The van der Waals surface area contributed by atoms with Crippen LogP contribution in [0.25, 0.3) is 0 Å². The molecule has 0 aliphatic heterocycles. The Morgan fingerprint density at radius 1 is 1.56 bits per heavy atom.